The van der Waals surface area contributed by atoms with E-state index in [0.717, 1.165) is 20.3 Å². The van der Waals surface area contributed by atoms with Crippen LogP contribution in [-0.2, 0) is 4.79 Å². The van der Waals surface area contributed by atoms with Gasteiger partial charge in [-0.2, -0.15) is 0 Å². The van der Waals surface area contributed by atoms with Gasteiger partial charge in [0.25, 0.3) is 0 Å². The van der Waals surface area contributed by atoms with Gasteiger partial charge in [0.1, 0.15) is 0 Å². The van der Waals surface area contributed by atoms with Gasteiger partial charge >= 0.3 is 0 Å². The quantitative estimate of drug-likeness (QED) is 0.559. The standard InChI is InChI=1S/C19H17BrN2OS/c1-12(2)14-6-3-13(4-7-14)5-10-18(23)22-19-21-16-9-8-15(20)11-17(16)24-19/h3-12H,1-2H3,(H,21,22,23). The van der Waals surface area contributed by atoms with Gasteiger partial charge in [0.2, 0.25) is 5.91 Å². The van der Waals surface area contributed by atoms with Crippen LogP contribution in [0.1, 0.15) is 30.9 Å². The van der Waals surface area contributed by atoms with Crippen LogP contribution in [0.2, 0.25) is 0 Å². The van der Waals surface area contributed by atoms with Crippen LogP contribution in [-0.4, -0.2) is 10.9 Å². The highest BCUT2D eigenvalue weighted by atomic mass is 79.9. The van der Waals surface area contributed by atoms with Crippen molar-refractivity contribution in [3.63, 3.8) is 0 Å². The van der Waals surface area contributed by atoms with Crippen molar-refractivity contribution in [1.29, 1.82) is 0 Å². The number of nitrogens with one attached hydrogen (secondary N) is 1. The molecule has 0 unspecified atom stereocenters. The van der Waals surface area contributed by atoms with E-state index in [2.05, 4.69) is 52.2 Å². The predicted molar refractivity (Wildman–Crippen MR) is 106 cm³/mol. The molecule has 0 saturated carbocycles. The monoisotopic (exact) mass is 400 g/mol. The maximum atomic E-state index is 12.1. The number of rotatable bonds is 4. The van der Waals surface area contributed by atoms with E-state index in [1.54, 1.807) is 0 Å². The zero-order valence-corrected chi connectivity index (χ0v) is 15.8. The number of nitrogens with zero attached hydrogens (tertiary/aromatic N) is 1. The summed E-state index contributed by atoms with van der Waals surface area (Å²) in [6.07, 6.45) is 3.34. The van der Waals surface area contributed by atoms with E-state index in [0.29, 0.717) is 11.0 Å². The van der Waals surface area contributed by atoms with Crippen molar-refractivity contribution < 1.29 is 4.79 Å². The lowest BCUT2D eigenvalue weighted by atomic mass is 10.0. The molecule has 0 aliphatic rings. The first kappa shape index (κ1) is 16.9. The number of benzene rings is 2. The number of amides is 1. The van der Waals surface area contributed by atoms with Crippen molar-refractivity contribution >= 4 is 54.6 Å². The number of carbonyl (C=O) groups is 1. The lowest BCUT2D eigenvalue weighted by Crippen LogP contribution is -2.07. The fourth-order valence-corrected chi connectivity index (χ4v) is 3.68. The Morgan fingerprint density at radius 3 is 2.67 bits per heavy atom. The maximum Gasteiger partial charge on any atom is 0.250 e. The van der Waals surface area contributed by atoms with Crippen LogP contribution < -0.4 is 5.32 Å². The van der Waals surface area contributed by atoms with E-state index >= 15 is 0 Å². The molecule has 0 fully saturated rings. The van der Waals surface area contributed by atoms with Gasteiger partial charge in [0.05, 0.1) is 10.2 Å². The predicted octanol–water partition coefficient (Wildman–Crippen LogP) is 5.83. The summed E-state index contributed by atoms with van der Waals surface area (Å²) in [6.45, 7) is 4.32. The smallest absolute Gasteiger partial charge is 0.250 e. The SMILES string of the molecule is CC(C)c1ccc(C=CC(=O)Nc2nc3ccc(Br)cc3s2)cc1. The molecule has 2 aromatic carbocycles. The Balaban J connectivity index is 1.67. The maximum absolute atomic E-state index is 12.1. The van der Waals surface area contributed by atoms with Crippen LogP contribution in [0.3, 0.4) is 0 Å². The molecular formula is C19H17BrN2OS. The summed E-state index contributed by atoms with van der Waals surface area (Å²) >= 11 is 4.90. The van der Waals surface area contributed by atoms with Gasteiger partial charge in [-0.15, -0.1) is 0 Å². The third-order valence-electron chi connectivity index (χ3n) is 3.61. The van der Waals surface area contributed by atoms with Crippen LogP contribution in [0.25, 0.3) is 16.3 Å². The van der Waals surface area contributed by atoms with Crippen LogP contribution in [0, 0.1) is 0 Å². The molecule has 24 heavy (non-hydrogen) atoms. The molecule has 0 bridgehead atoms. The Morgan fingerprint density at radius 2 is 1.96 bits per heavy atom. The van der Waals surface area contributed by atoms with E-state index in [1.807, 2.05) is 36.4 Å². The number of hydrogen-bond donors (Lipinski definition) is 1. The van der Waals surface area contributed by atoms with E-state index in [1.165, 1.54) is 23.0 Å². The van der Waals surface area contributed by atoms with Gasteiger partial charge < -0.3 is 0 Å². The van der Waals surface area contributed by atoms with Gasteiger partial charge in [-0.25, -0.2) is 4.98 Å². The molecule has 5 heteroatoms. The first-order chi connectivity index (χ1) is 11.5. The highest BCUT2D eigenvalue weighted by molar-refractivity contribution is 9.10. The summed E-state index contributed by atoms with van der Waals surface area (Å²) in [6, 6.07) is 14.1. The van der Waals surface area contributed by atoms with Crippen molar-refractivity contribution in [3.05, 3.63) is 64.1 Å². The average molecular weight is 401 g/mol. The highest BCUT2D eigenvalue weighted by Gasteiger charge is 2.06. The second-order valence-corrected chi connectivity index (χ2v) is 7.72. The number of carbonyl (C=O) groups excluding carboxylic acids is 1. The Morgan fingerprint density at radius 1 is 1.21 bits per heavy atom. The Bertz CT molecular complexity index is 897. The minimum absolute atomic E-state index is 0.180. The minimum atomic E-state index is -0.180. The molecule has 1 aromatic heterocycles. The Labute approximate surface area is 153 Å². The molecule has 0 atom stereocenters. The van der Waals surface area contributed by atoms with Gasteiger partial charge in [-0.3, -0.25) is 10.1 Å². The second kappa shape index (κ2) is 7.28. The molecule has 0 aliphatic heterocycles. The molecule has 0 aliphatic carbocycles. The zero-order valence-electron chi connectivity index (χ0n) is 13.4. The van der Waals surface area contributed by atoms with Crippen LogP contribution in [0.5, 0.6) is 0 Å². The first-order valence-corrected chi connectivity index (χ1v) is 9.27. The largest absolute Gasteiger partial charge is 0.298 e. The number of thiazole rings is 1. The summed E-state index contributed by atoms with van der Waals surface area (Å²) in [7, 11) is 0. The molecule has 1 heterocycles. The van der Waals surface area contributed by atoms with Crippen LogP contribution in [0.4, 0.5) is 5.13 Å². The fourth-order valence-electron chi connectivity index (χ4n) is 2.26. The van der Waals surface area contributed by atoms with E-state index in [-0.39, 0.29) is 5.91 Å². The van der Waals surface area contributed by atoms with Crippen molar-refractivity contribution in [1.82, 2.24) is 4.98 Å². The number of anilines is 1. The summed E-state index contributed by atoms with van der Waals surface area (Å²) < 4.78 is 2.04. The van der Waals surface area contributed by atoms with E-state index in [9.17, 15) is 4.79 Å². The third-order valence-corrected chi connectivity index (χ3v) is 5.04. The second-order valence-electron chi connectivity index (χ2n) is 5.78. The summed E-state index contributed by atoms with van der Waals surface area (Å²) in [5.41, 5.74) is 3.17. The molecule has 1 amide bonds. The van der Waals surface area contributed by atoms with Crippen molar-refractivity contribution in [2.75, 3.05) is 5.32 Å². The van der Waals surface area contributed by atoms with Crippen LogP contribution >= 0.6 is 27.3 Å². The van der Waals surface area contributed by atoms with Gasteiger partial charge in [0, 0.05) is 10.5 Å². The summed E-state index contributed by atoms with van der Waals surface area (Å²) in [5, 5.41) is 3.42. The van der Waals surface area contributed by atoms with Crippen molar-refractivity contribution in [2.45, 2.75) is 19.8 Å². The molecule has 0 spiro atoms. The first-order valence-electron chi connectivity index (χ1n) is 7.66. The fraction of sp³-hybridized carbons (Fsp3) is 0.158. The molecule has 3 aromatic rings. The summed E-state index contributed by atoms with van der Waals surface area (Å²) in [5.74, 6) is 0.325. The van der Waals surface area contributed by atoms with Gasteiger partial charge in [-0.05, 0) is 41.3 Å². The van der Waals surface area contributed by atoms with E-state index < -0.39 is 0 Å². The molecular weight excluding hydrogens is 384 g/mol. The number of halogens is 1. The number of fused-ring (bicyclic) bond motifs is 1. The molecule has 0 saturated heterocycles. The third kappa shape index (κ3) is 4.10. The van der Waals surface area contributed by atoms with Crippen molar-refractivity contribution in [3.8, 4) is 0 Å². The topological polar surface area (TPSA) is 42.0 Å². The molecule has 3 rings (SSSR count). The molecule has 3 nitrogen and oxygen atoms in total. The molecule has 1 N–H and O–H groups in total. The normalized spacial score (nSPS) is 11.5. The Kier molecular flexibility index (Phi) is 5.11. The van der Waals surface area contributed by atoms with E-state index in [4.69, 9.17) is 0 Å². The number of aromatic nitrogens is 1. The Hall–Kier alpha value is -1.98. The lowest BCUT2D eigenvalue weighted by Gasteiger charge is -2.04. The average Bonchev–Trinajstić information content (AvgIpc) is 2.94. The highest BCUT2D eigenvalue weighted by Crippen LogP contribution is 2.28. The summed E-state index contributed by atoms with van der Waals surface area (Å²) in [4.78, 5) is 16.5. The number of hydrogen-bond acceptors (Lipinski definition) is 3. The molecule has 122 valence electrons. The lowest BCUT2D eigenvalue weighted by molar-refractivity contribution is -0.111. The van der Waals surface area contributed by atoms with Crippen LogP contribution in [0.15, 0.2) is 53.0 Å². The zero-order chi connectivity index (χ0) is 17.1. The van der Waals surface area contributed by atoms with Gasteiger partial charge in [-0.1, -0.05) is 65.4 Å². The van der Waals surface area contributed by atoms with Crippen molar-refractivity contribution in [2.24, 2.45) is 0 Å². The molecule has 0 radical (unpaired) electrons. The minimum Gasteiger partial charge on any atom is -0.298 e. The van der Waals surface area contributed by atoms with Gasteiger partial charge in [0.15, 0.2) is 5.13 Å².